The first-order chi connectivity index (χ1) is 12.7. The summed E-state index contributed by atoms with van der Waals surface area (Å²) < 4.78 is 1.94. The van der Waals surface area contributed by atoms with Crippen molar-refractivity contribution in [1.29, 1.82) is 5.26 Å². The summed E-state index contributed by atoms with van der Waals surface area (Å²) in [5.41, 5.74) is 2.64. The largest absolute Gasteiger partial charge is 0.335 e. The number of piperazine rings is 1. The van der Waals surface area contributed by atoms with Gasteiger partial charge in [0.15, 0.2) is 10.7 Å². The van der Waals surface area contributed by atoms with Gasteiger partial charge >= 0.3 is 0 Å². The molecule has 1 fully saturated rings. The predicted octanol–water partition coefficient (Wildman–Crippen LogP) is 2.71. The van der Waals surface area contributed by atoms with Crippen LogP contribution < -0.4 is 0 Å². The van der Waals surface area contributed by atoms with E-state index in [0.29, 0.717) is 11.3 Å². The first-order valence-corrected chi connectivity index (χ1v) is 9.57. The van der Waals surface area contributed by atoms with E-state index in [4.69, 9.17) is 0 Å². The van der Waals surface area contributed by atoms with Crippen molar-refractivity contribution >= 4 is 22.2 Å². The number of rotatable bonds is 3. The van der Waals surface area contributed by atoms with Crippen molar-refractivity contribution in [2.24, 2.45) is 0 Å². The zero-order valence-electron chi connectivity index (χ0n) is 14.6. The molecular weight excluding hydrogens is 346 g/mol. The van der Waals surface area contributed by atoms with E-state index in [1.165, 1.54) is 11.3 Å². The summed E-state index contributed by atoms with van der Waals surface area (Å²) in [5.74, 6) is -0.0333. The maximum absolute atomic E-state index is 13.2. The molecule has 132 valence electrons. The van der Waals surface area contributed by atoms with Crippen LogP contribution >= 0.6 is 11.3 Å². The normalized spacial score (nSPS) is 15.3. The van der Waals surface area contributed by atoms with Gasteiger partial charge in [-0.15, -0.1) is 11.3 Å². The predicted molar refractivity (Wildman–Crippen MR) is 101 cm³/mol. The summed E-state index contributed by atoms with van der Waals surface area (Å²) >= 11 is 1.50. The lowest BCUT2D eigenvalue weighted by atomic mass is 10.1. The number of hydrogen-bond acceptors (Lipinski definition) is 5. The fourth-order valence-corrected chi connectivity index (χ4v) is 4.08. The molecule has 6 nitrogen and oxygen atoms in total. The number of aromatic nitrogens is 2. The van der Waals surface area contributed by atoms with Gasteiger partial charge in [-0.1, -0.05) is 19.1 Å². The van der Waals surface area contributed by atoms with Crippen LogP contribution in [0.3, 0.4) is 0 Å². The van der Waals surface area contributed by atoms with Gasteiger partial charge in [0.25, 0.3) is 5.91 Å². The highest BCUT2D eigenvalue weighted by molar-refractivity contribution is 7.15. The number of likely N-dealkylation sites (N-methyl/N-ethyl adjacent to an activating group) is 1. The van der Waals surface area contributed by atoms with E-state index in [1.807, 2.05) is 39.1 Å². The molecule has 3 aromatic rings. The molecule has 0 atom stereocenters. The first kappa shape index (κ1) is 16.8. The number of amides is 1. The van der Waals surface area contributed by atoms with Gasteiger partial charge in [0.05, 0.1) is 17.3 Å². The van der Waals surface area contributed by atoms with Crippen LogP contribution in [0.5, 0.6) is 0 Å². The monoisotopic (exact) mass is 365 g/mol. The number of imidazole rings is 1. The highest BCUT2D eigenvalue weighted by atomic mass is 32.1. The van der Waals surface area contributed by atoms with E-state index >= 15 is 0 Å². The van der Waals surface area contributed by atoms with Crippen LogP contribution in [0.2, 0.25) is 0 Å². The Hall–Kier alpha value is -2.69. The molecule has 0 aliphatic carbocycles. The fraction of sp³-hybridized carbons (Fsp3) is 0.316. The Labute approximate surface area is 155 Å². The van der Waals surface area contributed by atoms with E-state index in [1.54, 1.807) is 6.07 Å². The summed E-state index contributed by atoms with van der Waals surface area (Å²) in [7, 11) is 0. The van der Waals surface area contributed by atoms with E-state index in [0.717, 1.165) is 48.9 Å². The average Bonchev–Trinajstić information content (AvgIpc) is 3.28. The third-order valence-electron chi connectivity index (χ3n) is 4.84. The molecule has 26 heavy (non-hydrogen) atoms. The fourth-order valence-electron chi connectivity index (χ4n) is 3.36. The van der Waals surface area contributed by atoms with Crippen LogP contribution in [0.15, 0.2) is 35.8 Å². The molecule has 0 N–H and O–H groups in total. The minimum Gasteiger partial charge on any atom is -0.335 e. The standard InChI is InChI=1S/C19H19N5OS/c1-2-22-6-8-23(9-7-22)18(25)16-17(24-10-11-26-19(24)21-16)15-5-3-4-14(12-15)13-20/h3-5,10-12H,2,6-9H2,1H3. The Balaban J connectivity index is 1.75. The van der Waals surface area contributed by atoms with Crippen molar-refractivity contribution in [3.63, 3.8) is 0 Å². The Kier molecular flexibility index (Phi) is 4.45. The van der Waals surface area contributed by atoms with Gasteiger partial charge in [-0.05, 0) is 18.7 Å². The minimum absolute atomic E-state index is 0.0333. The third-order valence-corrected chi connectivity index (χ3v) is 5.59. The molecule has 1 aliphatic rings. The summed E-state index contributed by atoms with van der Waals surface area (Å²) in [4.78, 5) is 22.8. The summed E-state index contributed by atoms with van der Waals surface area (Å²) in [6.45, 7) is 6.37. The van der Waals surface area contributed by atoms with Gasteiger partial charge in [-0.2, -0.15) is 5.26 Å². The number of benzene rings is 1. The molecule has 4 rings (SSSR count). The van der Waals surface area contributed by atoms with Crippen molar-refractivity contribution in [1.82, 2.24) is 19.2 Å². The number of carbonyl (C=O) groups excluding carboxylic acids is 1. The zero-order chi connectivity index (χ0) is 18.1. The molecule has 2 aromatic heterocycles. The molecule has 1 amide bonds. The molecule has 0 unspecified atom stereocenters. The molecule has 1 saturated heterocycles. The number of nitrogens with zero attached hydrogens (tertiary/aromatic N) is 5. The van der Waals surface area contributed by atoms with Crippen LogP contribution in [-0.4, -0.2) is 57.8 Å². The first-order valence-electron chi connectivity index (χ1n) is 8.69. The highest BCUT2D eigenvalue weighted by Gasteiger charge is 2.27. The number of carbonyl (C=O) groups is 1. The molecule has 1 aromatic carbocycles. The maximum Gasteiger partial charge on any atom is 0.274 e. The van der Waals surface area contributed by atoms with Crippen LogP contribution in [0, 0.1) is 11.3 Å². The van der Waals surface area contributed by atoms with Gasteiger partial charge in [0.1, 0.15) is 0 Å². The lowest BCUT2D eigenvalue weighted by Crippen LogP contribution is -2.48. The Morgan fingerprint density at radius 1 is 1.31 bits per heavy atom. The molecular formula is C19H19N5OS. The highest BCUT2D eigenvalue weighted by Crippen LogP contribution is 2.29. The molecule has 1 aliphatic heterocycles. The summed E-state index contributed by atoms with van der Waals surface area (Å²) in [6.07, 6.45) is 1.92. The van der Waals surface area contributed by atoms with E-state index < -0.39 is 0 Å². The molecule has 0 spiro atoms. The van der Waals surface area contributed by atoms with Crippen molar-refractivity contribution in [3.8, 4) is 17.3 Å². The molecule has 0 bridgehead atoms. The van der Waals surface area contributed by atoms with E-state index in [2.05, 4.69) is 22.9 Å². The number of hydrogen-bond donors (Lipinski definition) is 0. The molecule has 0 radical (unpaired) electrons. The number of fused-ring (bicyclic) bond motifs is 1. The molecule has 0 saturated carbocycles. The average molecular weight is 365 g/mol. The lowest BCUT2D eigenvalue weighted by Gasteiger charge is -2.33. The second kappa shape index (κ2) is 6.90. The van der Waals surface area contributed by atoms with Gasteiger partial charge < -0.3 is 9.80 Å². The minimum atomic E-state index is -0.0333. The SMILES string of the molecule is CCN1CCN(C(=O)c2nc3sccn3c2-c2cccc(C#N)c2)CC1. The third kappa shape index (κ3) is 2.87. The van der Waals surface area contributed by atoms with Crippen LogP contribution in [-0.2, 0) is 0 Å². The molecule has 3 heterocycles. The van der Waals surface area contributed by atoms with Crippen molar-refractivity contribution in [2.45, 2.75) is 6.92 Å². The van der Waals surface area contributed by atoms with Crippen LogP contribution in [0.4, 0.5) is 0 Å². The van der Waals surface area contributed by atoms with Crippen LogP contribution in [0.25, 0.3) is 16.2 Å². The molecule has 7 heteroatoms. The summed E-state index contributed by atoms with van der Waals surface area (Å²) in [5, 5.41) is 11.2. The summed E-state index contributed by atoms with van der Waals surface area (Å²) in [6, 6.07) is 9.51. The number of thiazole rings is 1. The van der Waals surface area contributed by atoms with Gasteiger partial charge in [0, 0.05) is 43.3 Å². The van der Waals surface area contributed by atoms with Crippen molar-refractivity contribution < 1.29 is 4.79 Å². The van der Waals surface area contributed by atoms with Crippen LogP contribution in [0.1, 0.15) is 23.0 Å². The quantitative estimate of drug-likeness (QED) is 0.716. The topological polar surface area (TPSA) is 64.6 Å². The van der Waals surface area contributed by atoms with Crippen molar-refractivity contribution in [3.05, 3.63) is 47.1 Å². The van der Waals surface area contributed by atoms with E-state index in [9.17, 15) is 10.1 Å². The van der Waals surface area contributed by atoms with Gasteiger partial charge in [-0.25, -0.2) is 4.98 Å². The Morgan fingerprint density at radius 3 is 2.85 bits per heavy atom. The van der Waals surface area contributed by atoms with Gasteiger partial charge in [0.2, 0.25) is 0 Å². The Bertz CT molecular complexity index is 991. The second-order valence-electron chi connectivity index (χ2n) is 6.28. The second-order valence-corrected chi connectivity index (χ2v) is 7.16. The van der Waals surface area contributed by atoms with E-state index in [-0.39, 0.29) is 5.91 Å². The van der Waals surface area contributed by atoms with Crippen molar-refractivity contribution in [2.75, 3.05) is 32.7 Å². The van der Waals surface area contributed by atoms with Gasteiger partial charge in [-0.3, -0.25) is 9.20 Å². The number of nitriles is 1. The zero-order valence-corrected chi connectivity index (χ0v) is 15.4. The Morgan fingerprint density at radius 2 is 2.12 bits per heavy atom. The lowest BCUT2D eigenvalue weighted by molar-refractivity contribution is 0.0639. The smallest absolute Gasteiger partial charge is 0.274 e. The maximum atomic E-state index is 13.2.